The molecule has 152 valence electrons. The second kappa shape index (κ2) is 7.15. The van der Waals surface area contributed by atoms with E-state index >= 15 is 0 Å². The zero-order valence-corrected chi connectivity index (χ0v) is 13.1. The van der Waals surface area contributed by atoms with Crippen molar-refractivity contribution in [2.75, 3.05) is 5.12 Å². The third kappa shape index (κ3) is 3.14. The van der Waals surface area contributed by atoms with Gasteiger partial charge in [-0.1, -0.05) is 5.43 Å². The maximum Gasteiger partial charge on any atom is 0.426 e. The predicted octanol–water partition coefficient (Wildman–Crippen LogP) is -3.97. The van der Waals surface area contributed by atoms with E-state index in [0.29, 0.717) is 0 Å². The van der Waals surface area contributed by atoms with Crippen LogP contribution in [0.25, 0.3) is 0 Å². The smallest absolute Gasteiger partial charge is 0.378 e. The number of rotatable bonds is 5. The fourth-order valence-corrected chi connectivity index (χ4v) is 2.02. The lowest BCUT2D eigenvalue weighted by atomic mass is 10.1. The first-order chi connectivity index (χ1) is 12.8. The number of aromatic nitrogens is 2. The highest BCUT2D eigenvalue weighted by molar-refractivity contribution is 5.92. The lowest BCUT2D eigenvalue weighted by molar-refractivity contribution is -0.595. The molecular weight excluding hydrogens is 398 g/mol. The number of amides is 2. The number of hydrazine groups is 2. The number of carbonyl (C=O) groups excluding carboxylic acids is 1. The van der Waals surface area contributed by atoms with Crippen molar-refractivity contribution in [1.82, 2.24) is 15.3 Å². The summed E-state index contributed by atoms with van der Waals surface area (Å²) in [6, 6.07) is -0.833. The number of primary amides is 2. The van der Waals surface area contributed by atoms with Crippen molar-refractivity contribution in [2.45, 2.75) is 5.66 Å². The number of nitrogens with zero attached hydrogens (tertiary/aromatic N) is 8. The summed E-state index contributed by atoms with van der Waals surface area (Å²) in [7, 11) is 0. The Balaban J connectivity index is 0.000000892. The molecule has 0 radical (unpaired) electrons. The summed E-state index contributed by atoms with van der Waals surface area (Å²) in [6.07, 6.45) is 0. The van der Waals surface area contributed by atoms with Crippen LogP contribution in [0.3, 0.4) is 0 Å². The van der Waals surface area contributed by atoms with Gasteiger partial charge in [0.2, 0.25) is 5.84 Å². The molecule has 2 amide bonds. The molecule has 28 heavy (non-hydrogen) atoms. The number of hydrogen-bond donors (Lipinski definition) is 5. The van der Waals surface area contributed by atoms with Crippen molar-refractivity contribution in [3.8, 4) is 0 Å². The molecule has 1 aliphatic rings. The molecule has 0 fully saturated rings. The molecule has 0 aliphatic carbocycles. The van der Waals surface area contributed by atoms with Gasteiger partial charge in [0.05, 0.1) is 9.96 Å². The van der Waals surface area contributed by atoms with Crippen LogP contribution in [0.5, 0.6) is 0 Å². The second-order valence-electron chi connectivity index (χ2n) is 4.45. The molecule has 0 bridgehead atoms. The van der Waals surface area contributed by atoms with Gasteiger partial charge in [0.25, 0.3) is 11.4 Å². The predicted molar refractivity (Wildman–Crippen MR) is 82.1 cm³/mol. The van der Waals surface area contributed by atoms with Crippen molar-refractivity contribution in [3.63, 3.8) is 0 Å². The lowest BCUT2D eigenvalue weighted by Gasteiger charge is -2.18. The zero-order chi connectivity index (χ0) is 22.0. The van der Waals surface area contributed by atoms with E-state index < -0.39 is 54.6 Å². The van der Waals surface area contributed by atoms with Crippen molar-refractivity contribution in [3.05, 3.63) is 46.2 Å². The number of carbonyl (C=O) groups is 1. The zero-order valence-electron chi connectivity index (χ0n) is 13.1. The first-order valence-electron chi connectivity index (χ1n) is 6.20. The Kier molecular flexibility index (Phi) is 5.41. The number of anilines is 1. The molecule has 1 aromatic heterocycles. The van der Waals surface area contributed by atoms with Crippen LogP contribution in [-0.4, -0.2) is 41.7 Å². The van der Waals surface area contributed by atoms with Gasteiger partial charge in [-0.05, 0) is 10.0 Å². The van der Waals surface area contributed by atoms with Gasteiger partial charge < -0.3 is 43.3 Å². The Morgan fingerprint density at radius 1 is 1.07 bits per heavy atom. The van der Waals surface area contributed by atoms with Gasteiger partial charge >= 0.3 is 17.5 Å². The van der Waals surface area contributed by atoms with Crippen molar-refractivity contribution < 1.29 is 24.7 Å². The van der Waals surface area contributed by atoms with Gasteiger partial charge in [0.1, 0.15) is 5.10 Å². The van der Waals surface area contributed by atoms with E-state index in [4.69, 9.17) is 16.4 Å². The second-order valence-corrected chi connectivity index (χ2v) is 4.45. The van der Waals surface area contributed by atoms with Gasteiger partial charge in [-0.15, -0.1) is 0 Å². The summed E-state index contributed by atoms with van der Waals surface area (Å²) in [4.78, 5) is 50.5. The minimum absolute atomic E-state index is 0.290. The average Bonchev–Trinajstić information content (AvgIpc) is 3.10. The molecule has 2 rings (SSSR count). The standard InChI is InChI=1S/C5H5N11O8.CH4N2O/c6-4(8-7)5(14(19)20)2-1(11(10-5)15(21)22)3(13(17)18)9-12(2)16(23)24;2-1(3)4/h10H,7H2,(H2,6,8);(H4,2,3,4). The molecular formula is C6H9N13O9. The summed E-state index contributed by atoms with van der Waals surface area (Å²) in [5.41, 5.74) is 9.91. The molecule has 1 atom stereocenters. The molecule has 1 aliphatic heterocycles. The molecule has 0 saturated heterocycles. The van der Waals surface area contributed by atoms with Crippen LogP contribution >= 0.6 is 0 Å². The van der Waals surface area contributed by atoms with Crippen molar-refractivity contribution >= 4 is 23.4 Å². The maximum absolute atomic E-state index is 11.5. The summed E-state index contributed by atoms with van der Waals surface area (Å²) in [6.45, 7) is 0. The minimum atomic E-state index is -3.12. The van der Waals surface area contributed by atoms with Gasteiger partial charge in [0, 0.05) is 4.79 Å². The van der Waals surface area contributed by atoms with Gasteiger partial charge in [-0.25, -0.2) is 14.9 Å². The molecule has 22 heteroatoms. The Morgan fingerprint density at radius 3 is 1.89 bits per heavy atom. The monoisotopic (exact) mass is 407 g/mol. The van der Waals surface area contributed by atoms with Crippen LogP contribution in [0, 0.1) is 40.5 Å². The van der Waals surface area contributed by atoms with E-state index in [1.54, 1.807) is 5.43 Å². The maximum atomic E-state index is 11.5. The minimum Gasteiger partial charge on any atom is -0.378 e. The summed E-state index contributed by atoms with van der Waals surface area (Å²) >= 11 is 0. The summed E-state index contributed by atoms with van der Waals surface area (Å²) in [5.74, 6) is 2.31. The Labute approximate surface area is 149 Å². The van der Waals surface area contributed by atoms with Crippen molar-refractivity contribution in [1.29, 1.82) is 0 Å². The number of hydrazone groups is 1. The first kappa shape index (κ1) is 21.2. The molecule has 0 aromatic carbocycles. The number of nitrogens with two attached hydrogens (primary N) is 4. The van der Waals surface area contributed by atoms with E-state index in [0.717, 1.165) is 0 Å². The van der Waals surface area contributed by atoms with Crippen molar-refractivity contribution in [2.24, 2.45) is 28.1 Å². The fraction of sp³-hybridized carbons (Fsp3) is 0.167. The molecule has 2 heterocycles. The van der Waals surface area contributed by atoms with E-state index in [2.05, 4.69) is 21.7 Å². The van der Waals surface area contributed by atoms with Crippen LogP contribution in [0.4, 0.5) is 16.3 Å². The fourth-order valence-electron chi connectivity index (χ4n) is 2.02. The molecule has 1 aromatic rings. The molecule has 0 spiro atoms. The van der Waals surface area contributed by atoms with Gasteiger partial charge in [-0.3, -0.25) is 10.1 Å². The normalized spacial score (nSPS) is 17.9. The Morgan fingerprint density at radius 2 is 1.57 bits per heavy atom. The molecule has 0 saturated carbocycles. The van der Waals surface area contributed by atoms with Crippen LogP contribution in [0.15, 0.2) is 5.10 Å². The third-order valence-corrected chi connectivity index (χ3v) is 2.92. The van der Waals surface area contributed by atoms with Gasteiger partial charge in [-0.2, -0.15) is 5.10 Å². The van der Waals surface area contributed by atoms with E-state index in [-0.39, 0.29) is 9.91 Å². The Hall–Kier alpha value is -4.89. The van der Waals surface area contributed by atoms with E-state index in [1.165, 1.54) is 0 Å². The highest BCUT2D eigenvalue weighted by Crippen LogP contribution is 2.43. The molecule has 9 N–H and O–H groups in total. The lowest BCUT2D eigenvalue weighted by Crippen LogP contribution is -2.61. The quantitative estimate of drug-likeness (QED) is 0.102. The van der Waals surface area contributed by atoms with E-state index in [1.807, 2.05) is 0 Å². The number of nitro groups is 4. The SMILES string of the molecule is NC(N)=O.NN=C(N)C1([N+](=O)[O-])NN([N+](=O)[O-])c2c([N+](=O)[O-])nn([N+](=O)[O-])c21. The van der Waals surface area contributed by atoms with Crippen LogP contribution in [0.2, 0.25) is 0 Å². The summed E-state index contributed by atoms with van der Waals surface area (Å²) in [5, 5.41) is 47.2. The number of nitrogens with one attached hydrogen (secondary N) is 1. The van der Waals surface area contributed by atoms with Crippen LogP contribution in [-0.2, 0) is 5.66 Å². The summed E-state index contributed by atoms with van der Waals surface area (Å²) < 4.78 is 0. The average molecular weight is 407 g/mol. The number of urea groups is 1. The van der Waals surface area contributed by atoms with Crippen LogP contribution < -0.4 is 33.6 Å². The third-order valence-electron chi connectivity index (χ3n) is 2.92. The van der Waals surface area contributed by atoms with Gasteiger partial charge in [0.15, 0.2) is 5.03 Å². The first-order valence-corrected chi connectivity index (χ1v) is 6.20. The topological polar surface area (TPSA) is 339 Å². The largest absolute Gasteiger partial charge is 0.426 e. The Bertz CT molecular complexity index is 901. The number of hydrogen-bond acceptors (Lipinski definition) is 13. The van der Waals surface area contributed by atoms with Crippen LogP contribution in [0.1, 0.15) is 5.69 Å². The van der Waals surface area contributed by atoms with E-state index in [9.17, 15) is 40.5 Å². The molecule has 22 nitrogen and oxygen atoms in total. The molecule has 1 unspecified atom stereocenters. The number of fused-ring (bicyclic) bond motifs is 1. The number of amidine groups is 1. The highest BCUT2D eigenvalue weighted by Gasteiger charge is 2.69. The highest BCUT2D eigenvalue weighted by atomic mass is 16.7.